The maximum Gasteiger partial charge on any atom is 0.409 e. The van der Waals surface area contributed by atoms with Gasteiger partial charge in [0.15, 0.2) is 0 Å². The number of carbonyl (C=O) groups excluding carboxylic acids is 1. The zero-order valence-electron chi connectivity index (χ0n) is 16.4. The molecule has 0 spiro atoms. The number of piperidine rings is 1. The molecule has 1 aliphatic carbocycles. The predicted octanol–water partition coefficient (Wildman–Crippen LogP) is 3.32. The Morgan fingerprint density at radius 3 is 2.43 bits per heavy atom. The SMILES string of the molecule is CN(CCO)C1CCCN(C(=O)OCC2c3ccccc3-c3ccccc32)C1. The first-order chi connectivity index (χ1) is 13.7. The minimum atomic E-state index is -0.232. The Morgan fingerprint density at radius 1 is 1.14 bits per heavy atom. The number of benzene rings is 2. The van der Waals surface area contributed by atoms with Gasteiger partial charge in [-0.1, -0.05) is 48.5 Å². The van der Waals surface area contributed by atoms with E-state index in [9.17, 15) is 4.79 Å². The van der Waals surface area contributed by atoms with E-state index in [1.807, 2.05) is 24.1 Å². The molecule has 1 amide bonds. The molecule has 0 saturated carbocycles. The minimum Gasteiger partial charge on any atom is -0.448 e. The standard InChI is InChI=1S/C23H28N2O3/c1-24(13-14-26)17-7-6-12-25(15-17)23(27)28-16-22-20-10-4-2-8-18(20)19-9-3-5-11-21(19)22/h2-5,8-11,17,22,26H,6-7,12-16H2,1H3. The van der Waals surface area contributed by atoms with Crippen molar-refractivity contribution in [2.45, 2.75) is 24.8 Å². The maximum absolute atomic E-state index is 12.7. The molecule has 148 valence electrons. The summed E-state index contributed by atoms with van der Waals surface area (Å²) >= 11 is 0. The number of likely N-dealkylation sites (tertiary alicyclic amines) is 1. The highest BCUT2D eigenvalue weighted by Gasteiger charge is 2.31. The van der Waals surface area contributed by atoms with Gasteiger partial charge in [0.2, 0.25) is 0 Å². The molecule has 1 saturated heterocycles. The van der Waals surface area contributed by atoms with Crippen LogP contribution in [0.25, 0.3) is 11.1 Å². The first kappa shape index (κ1) is 19.0. The summed E-state index contributed by atoms with van der Waals surface area (Å²) in [6, 6.07) is 17.0. The Bertz CT molecular complexity index is 793. The van der Waals surface area contributed by atoms with Crippen molar-refractivity contribution in [3.8, 4) is 11.1 Å². The van der Waals surface area contributed by atoms with Gasteiger partial charge in [0.25, 0.3) is 0 Å². The molecule has 1 aliphatic heterocycles. The number of fused-ring (bicyclic) bond motifs is 3. The number of ether oxygens (including phenoxy) is 1. The van der Waals surface area contributed by atoms with Crippen molar-refractivity contribution in [2.75, 3.05) is 39.9 Å². The lowest BCUT2D eigenvalue weighted by Gasteiger charge is -2.37. The largest absolute Gasteiger partial charge is 0.448 e. The van der Waals surface area contributed by atoms with E-state index in [1.54, 1.807) is 0 Å². The molecule has 2 aliphatic rings. The van der Waals surface area contributed by atoms with Gasteiger partial charge in [0.1, 0.15) is 6.61 Å². The van der Waals surface area contributed by atoms with Crippen molar-refractivity contribution in [3.05, 3.63) is 59.7 Å². The number of hydrogen-bond donors (Lipinski definition) is 1. The van der Waals surface area contributed by atoms with E-state index in [-0.39, 0.29) is 24.7 Å². The molecule has 0 bridgehead atoms. The van der Waals surface area contributed by atoms with Crippen LogP contribution in [0.2, 0.25) is 0 Å². The number of hydrogen-bond acceptors (Lipinski definition) is 4. The van der Waals surface area contributed by atoms with Crippen LogP contribution < -0.4 is 0 Å². The zero-order chi connectivity index (χ0) is 19.5. The van der Waals surface area contributed by atoms with Crippen LogP contribution in [0.4, 0.5) is 4.79 Å². The number of amides is 1. The Labute approximate surface area is 166 Å². The second-order valence-corrected chi connectivity index (χ2v) is 7.75. The smallest absolute Gasteiger partial charge is 0.409 e. The van der Waals surface area contributed by atoms with Gasteiger partial charge in [-0.25, -0.2) is 4.79 Å². The average Bonchev–Trinajstić information content (AvgIpc) is 3.06. The normalized spacial score (nSPS) is 18.8. The Hall–Kier alpha value is -2.37. The third-order valence-electron chi connectivity index (χ3n) is 6.07. The molecule has 1 fully saturated rings. The molecule has 1 atom stereocenters. The Morgan fingerprint density at radius 2 is 1.79 bits per heavy atom. The summed E-state index contributed by atoms with van der Waals surface area (Å²) in [5.41, 5.74) is 4.94. The van der Waals surface area contributed by atoms with Gasteiger partial charge < -0.3 is 14.7 Å². The highest BCUT2D eigenvalue weighted by Crippen LogP contribution is 2.44. The van der Waals surface area contributed by atoms with Crippen molar-refractivity contribution in [1.29, 1.82) is 0 Å². The van der Waals surface area contributed by atoms with Crippen molar-refractivity contribution in [3.63, 3.8) is 0 Å². The summed E-state index contributed by atoms with van der Waals surface area (Å²) in [7, 11) is 2.00. The molecule has 4 rings (SSSR count). The first-order valence-corrected chi connectivity index (χ1v) is 10.1. The second-order valence-electron chi connectivity index (χ2n) is 7.75. The van der Waals surface area contributed by atoms with Crippen molar-refractivity contribution < 1.29 is 14.6 Å². The molecule has 0 radical (unpaired) electrons. The fraction of sp³-hybridized carbons (Fsp3) is 0.435. The van der Waals surface area contributed by atoms with Crippen LogP contribution in [-0.2, 0) is 4.74 Å². The lowest BCUT2D eigenvalue weighted by Crippen LogP contribution is -2.49. The quantitative estimate of drug-likeness (QED) is 0.865. The average molecular weight is 380 g/mol. The number of rotatable bonds is 5. The van der Waals surface area contributed by atoms with Gasteiger partial charge in [-0.2, -0.15) is 0 Å². The third-order valence-corrected chi connectivity index (χ3v) is 6.07. The summed E-state index contributed by atoms with van der Waals surface area (Å²) < 4.78 is 5.79. The zero-order valence-corrected chi connectivity index (χ0v) is 16.4. The van der Waals surface area contributed by atoms with Crippen LogP contribution in [0.5, 0.6) is 0 Å². The Balaban J connectivity index is 1.42. The van der Waals surface area contributed by atoms with E-state index in [0.717, 1.165) is 19.4 Å². The number of carbonyl (C=O) groups is 1. The van der Waals surface area contributed by atoms with Crippen LogP contribution in [0.3, 0.4) is 0 Å². The highest BCUT2D eigenvalue weighted by molar-refractivity contribution is 5.79. The van der Waals surface area contributed by atoms with Crippen molar-refractivity contribution in [1.82, 2.24) is 9.80 Å². The molecular formula is C23H28N2O3. The first-order valence-electron chi connectivity index (χ1n) is 10.1. The van der Waals surface area contributed by atoms with Crippen LogP contribution in [-0.4, -0.2) is 66.9 Å². The van der Waals surface area contributed by atoms with E-state index >= 15 is 0 Å². The molecule has 1 unspecified atom stereocenters. The molecule has 0 aromatic heterocycles. The highest BCUT2D eigenvalue weighted by atomic mass is 16.6. The summed E-state index contributed by atoms with van der Waals surface area (Å²) in [6.07, 6.45) is 1.78. The molecular weight excluding hydrogens is 352 g/mol. The molecule has 5 heteroatoms. The molecule has 2 aromatic carbocycles. The summed E-state index contributed by atoms with van der Waals surface area (Å²) in [5.74, 6) is 0.0917. The maximum atomic E-state index is 12.7. The molecule has 28 heavy (non-hydrogen) atoms. The van der Waals surface area contributed by atoms with Gasteiger partial charge in [0, 0.05) is 31.6 Å². The van der Waals surface area contributed by atoms with E-state index in [1.165, 1.54) is 22.3 Å². The van der Waals surface area contributed by atoms with E-state index in [4.69, 9.17) is 9.84 Å². The number of aliphatic hydroxyl groups is 1. The fourth-order valence-electron chi connectivity index (χ4n) is 4.51. The molecule has 1 N–H and O–H groups in total. The topological polar surface area (TPSA) is 53.0 Å². The molecule has 2 aromatic rings. The van der Waals surface area contributed by atoms with Gasteiger partial charge >= 0.3 is 6.09 Å². The fourth-order valence-corrected chi connectivity index (χ4v) is 4.51. The summed E-state index contributed by atoms with van der Waals surface area (Å²) in [5, 5.41) is 9.16. The van der Waals surface area contributed by atoms with Crippen LogP contribution in [0.1, 0.15) is 29.9 Å². The van der Waals surface area contributed by atoms with Gasteiger partial charge in [0.05, 0.1) is 6.61 Å². The third kappa shape index (κ3) is 3.64. The van der Waals surface area contributed by atoms with Crippen LogP contribution in [0, 0.1) is 0 Å². The molecule has 1 heterocycles. The monoisotopic (exact) mass is 380 g/mol. The van der Waals surface area contributed by atoms with Gasteiger partial charge in [-0.05, 0) is 42.1 Å². The van der Waals surface area contributed by atoms with Crippen LogP contribution >= 0.6 is 0 Å². The Kier molecular flexibility index (Phi) is 5.64. The van der Waals surface area contributed by atoms with E-state index < -0.39 is 0 Å². The van der Waals surface area contributed by atoms with Gasteiger partial charge in [-0.15, -0.1) is 0 Å². The number of nitrogens with zero attached hydrogens (tertiary/aromatic N) is 2. The summed E-state index contributed by atoms with van der Waals surface area (Å²) in [4.78, 5) is 16.7. The van der Waals surface area contributed by atoms with Crippen molar-refractivity contribution >= 4 is 6.09 Å². The lowest BCUT2D eigenvalue weighted by molar-refractivity contribution is 0.0655. The van der Waals surface area contributed by atoms with Gasteiger partial charge in [-0.3, -0.25) is 4.90 Å². The van der Waals surface area contributed by atoms with E-state index in [2.05, 4.69) is 41.3 Å². The lowest BCUT2D eigenvalue weighted by atomic mass is 9.98. The van der Waals surface area contributed by atoms with E-state index in [0.29, 0.717) is 19.7 Å². The number of aliphatic hydroxyl groups excluding tert-OH is 1. The second kappa shape index (κ2) is 8.33. The molecule has 5 nitrogen and oxygen atoms in total. The number of likely N-dealkylation sites (N-methyl/N-ethyl adjacent to an activating group) is 1. The summed E-state index contributed by atoms with van der Waals surface area (Å²) in [6.45, 7) is 2.52. The predicted molar refractivity (Wildman–Crippen MR) is 109 cm³/mol. The minimum absolute atomic E-state index is 0.0917. The van der Waals surface area contributed by atoms with Crippen molar-refractivity contribution in [2.24, 2.45) is 0 Å². The van der Waals surface area contributed by atoms with Crippen LogP contribution in [0.15, 0.2) is 48.5 Å².